The summed E-state index contributed by atoms with van der Waals surface area (Å²) in [6.07, 6.45) is 29.3. The number of nitrogens with zero attached hydrogens (tertiary/aromatic N) is 5. The van der Waals surface area contributed by atoms with Gasteiger partial charge in [-0.05, 0) is 230 Å². The van der Waals surface area contributed by atoms with Crippen molar-refractivity contribution in [2.45, 2.75) is 403 Å². The SMILES string of the molecule is CC[C@H](C)CCC(=O)N1C(=O)O[C@@H](c2ccccc2)[C@H]1C.CC[C@H](C)CCC(=O)O.CC[C@H](C)CCC=C(C)C.CC[C@H](C)C[C@@H](CC)C(=O)N1C(=O)O[C@@H](c2ccccc2)[C@H]1C.CC[C@H](C)C[C@@H](CC)CN.CC[C@H](C)C[C@@H](CC)CN.CC[C@H](C)C[C@@H](CC)CN=[N+]=[N-].CC[C@H](C)C[C@@H](CC)CO.CC[C@H](C)C[C@@H](CC)COS(=O)(=O)c1ccc(C)cc1. The molecule has 3 aromatic rings. The molecule has 0 spiro atoms. The van der Waals surface area contributed by atoms with Gasteiger partial charge in [-0.25, -0.2) is 19.4 Å². The van der Waals surface area contributed by atoms with Crippen LogP contribution in [0, 0.1) is 95.7 Å². The number of ether oxygens (including phenoxy) is 2. The predicted molar refractivity (Wildman–Crippen MR) is 528 cm³/mol. The van der Waals surface area contributed by atoms with E-state index < -0.39 is 28.3 Å². The third kappa shape index (κ3) is 58.9. The molecule has 2 aliphatic rings. The van der Waals surface area contributed by atoms with Crippen LogP contribution in [0.5, 0.6) is 0 Å². The molecule has 5 rings (SSSR count). The fraction of sp³-hybridized carbons (Fsp3) is 0.762. The first kappa shape index (κ1) is 125. The van der Waals surface area contributed by atoms with Crippen molar-refractivity contribution in [3.63, 3.8) is 0 Å². The predicted octanol–water partition coefficient (Wildman–Crippen LogP) is 29.3. The minimum atomic E-state index is -3.62. The van der Waals surface area contributed by atoms with E-state index in [4.69, 9.17) is 40.9 Å². The monoisotopic (exact) mass is 1770 g/mol. The van der Waals surface area contributed by atoms with Gasteiger partial charge in [0.25, 0.3) is 10.1 Å². The van der Waals surface area contributed by atoms with E-state index in [2.05, 4.69) is 189 Å². The minimum absolute atomic E-state index is 0.0938. The molecule has 4 amide bonds. The van der Waals surface area contributed by atoms with E-state index in [1.807, 2.05) is 88.4 Å². The van der Waals surface area contributed by atoms with Gasteiger partial charge < -0.3 is 31.2 Å². The average Bonchev–Trinajstić information content (AvgIpc) is 1.63. The number of nitrogens with two attached hydrogens (primary N) is 2. The van der Waals surface area contributed by atoms with Gasteiger partial charge in [0.1, 0.15) is 12.2 Å². The Morgan fingerprint density at radius 3 is 1.19 bits per heavy atom. The second-order valence-electron chi connectivity index (χ2n) is 36.8. The lowest BCUT2D eigenvalue weighted by molar-refractivity contribution is -0.137. The van der Waals surface area contributed by atoms with Gasteiger partial charge in [0, 0.05) is 36.8 Å². The van der Waals surface area contributed by atoms with Crippen molar-refractivity contribution < 1.29 is 56.3 Å². The number of amides is 4. The van der Waals surface area contributed by atoms with Crippen LogP contribution in [0.3, 0.4) is 0 Å². The van der Waals surface area contributed by atoms with Gasteiger partial charge in [0.05, 0.1) is 23.6 Å². The second-order valence-corrected chi connectivity index (χ2v) is 38.5. The molecule has 0 saturated carbocycles. The number of carboxylic acid groups (broad SMARTS) is 1. The lowest BCUT2D eigenvalue weighted by atomic mass is 9.90. The van der Waals surface area contributed by atoms with Gasteiger partial charge in [0.2, 0.25) is 11.8 Å². The van der Waals surface area contributed by atoms with E-state index >= 15 is 0 Å². The molecular formula is C105H191N7O12S. The Morgan fingerprint density at radius 2 is 0.840 bits per heavy atom. The smallest absolute Gasteiger partial charge is 0.417 e. The van der Waals surface area contributed by atoms with Crippen LogP contribution in [-0.2, 0) is 38.2 Å². The number of carbonyl (C=O) groups excluding carboxylic acids is 4. The van der Waals surface area contributed by atoms with Crippen molar-refractivity contribution in [2.24, 2.45) is 105 Å². The zero-order valence-corrected chi connectivity index (χ0v) is 85.8. The first-order valence-corrected chi connectivity index (χ1v) is 50.6. The maximum absolute atomic E-state index is 12.9. The Hall–Kier alpha value is -6.15. The summed E-state index contributed by atoms with van der Waals surface area (Å²) < 4.78 is 40.3. The van der Waals surface area contributed by atoms with Crippen molar-refractivity contribution in [2.75, 3.05) is 32.8 Å². The van der Waals surface area contributed by atoms with E-state index in [0.29, 0.717) is 67.4 Å². The van der Waals surface area contributed by atoms with Crippen molar-refractivity contribution in [1.29, 1.82) is 0 Å². The van der Waals surface area contributed by atoms with Gasteiger partial charge in [-0.15, -0.1) is 0 Å². The van der Waals surface area contributed by atoms with Crippen LogP contribution in [0.25, 0.3) is 10.4 Å². The average molecular weight is 1780 g/mol. The van der Waals surface area contributed by atoms with Crippen LogP contribution < -0.4 is 11.5 Å². The number of imide groups is 2. The van der Waals surface area contributed by atoms with Crippen LogP contribution >= 0.6 is 0 Å². The third-order valence-electron chi connectivity index (χ3n) is 25.7. The highest BCUT2D eigenvalue weighted by molar-refractivity contribution is 7.86. The molecule has 2 fully saturated rings. The number of allylic oxidation sites excluding steroid dienone is 2. The Morgan fingerprint density at radius 1 is 0.488 bits per heavy atom. The Kier molecular flexibility index (Phi) is 76.8. The molecule has 19 nitrogen and oxygen atoms in total. The Bertz CT molecular complexity index is 3280. The summed E-state index contributed by atoms with van der Waals surface area (Å²) in [4.78, 5) is 65.1. The topological polar surface area (TPSA) is 295 Å². The number of carbonyl (C=O) groups is 5. The number of hydrogen-bond donors (Lipinski definition) is 4. The van der Waals surface area contributed by atoms with Crippen LogP contribution in [0.2, 0.25) is 0 Å². The summed E-state index contributed by atoms with van der Waals surface area (Å²) in [5, 5.41) is 20.7. The van der Waals surface area contributed by atoms with Gasteiger partial charge in [-0.2, -0.15) is 8.42 Å². The molecule has 2 saturated heterocycles. The number of cyclic esters (lactones) is 2. The maximum atomic E-state index is 12.9. The number of aliphatic hydroxyl groups is 1. The summed E-state index contributed by atoms with van der Waals surface area (Å²) in [5.74, 6) is 8.17. The van der Waals surface area contributed by atoms with E-state index in [1.165, 1.54) is 98.8 Å². The largest absolute Gasteiger partial charge is 0.481 e. The fourth-order valence-electron chi connectivity index (χ4n) is 13.9. The number of rotatable bonds is 48. The molecule has 724 valence electrons. The zero-order chi connectivity index (χ0) is 96.2. The highest BCUT2D eigenvalue weighted by Gasteiger charge is 2.46. The first-order chi connectivity index (χ1) is 59.2. The number of benzene rings is 3. The van der Waals surface area contributed by atoms with Crippen molar-refractivity contribution in [1.82, 2.24) is 9.80 Å². The number of carboxylic acids is 1. The van der Waals surface area contributed by atoms with Gasteiger partial charge in [0.15, 0.2) is 0 Å². The lowest BCUT2D eigenvalue weighted by Gasteiger charge is -2.25. The summed E-state index contributed by atoms with van der Waals surface area (Å²) in [5.41, 5.74) is 23.7. The molecule has 6 N–H and O–H groups in total. The fourth-order valence-corrected chi connectivity index (χ4v) is 14.9. The van der Waals surface area contributed by atoms with Crippen LogP contribution in [0.4, 0.5) is 9.59 Å². The molecule has 0 aliphatic carbocycles. The van der Waals surface area contributed by atoms with E-state index in [1.54, 1.807) is 24.3 Å². The molecule has 0 radical (unpaired) electrons. The summed E-state index contributed by atoms with van der Waals surface area (Å²) >= 11 is 0. The second kappa shape index (κ2) is 76.7. The minimum Gasteiger partial charge on any atom is -0.481 e. The van der Waals surface area contributed by atoms with Crippen LogP contribution in [0.1, 0.15) is 396 Å². The number of aliphatic carboxylic acids is 1. The highest BCUT2D eigenvalue weighted by atomic mass is 32.2. The molecule has 19 atom stereocenters. The Labute approximate surface area is 767 Å². The highest BCUT2D eigenvalue weighted by Crippen LogP contribution is 2.36. The number of aryl methyl sites for hydroxylation is 1. The van der Waals surface area contributed by atoms with Crippen molar-refractivity contribution in [3.8, 4) is 0 Å². The third-order valence-corrected chi connectivity index (χ3v) is 27.0. The summed E-state index contributed by atoms with van der Waals surface area (Å²) in [6.45, 7) is 65.4. The number of aliphatic hydroxyl groups excluding tert-OH is 1. The standard InChI is InChI=1S/C19H27NO3.C17H23NO3.C16H26O3S.C10H20.C9H19N3.2C9H21N.C9H20O.C7H14O2/c1-5-13(3)12-15(6-2)18(21)20-14(4)17(23-19(20)22)16-10-8-7-9-11-16;1-4-12(2)10-11-15(19)18-13(3)16(21-17(18)20)14-8-6-5-7-9-14;1-5-13(3)11-15(6-2)12-19-20(17,18)16-9-7-14(4)8-10-16;1-5-10(4)8-6-7-9(2)3;1-4-8(3)6-9(5-2)7-11-12-10;3*1-4-8(3)6-9(5-2)7-10;1-3-6(2)4-5-7(8)9/h7-11,13-15,17H,5-6,12H2,1-4H3;5-9,12-13,16H,4,10-11H2,1-3H3;7-10,13,15H,5-6,11-12H2,1-4H3;7,10H,5-6,8H2,1-4H3;8-9H,4-7H2,1-3H3;2*8-9H,4-7,10H2,1-3H3;8-10H,4-7H2,1-3H3;6H,3-5H2,1-2H3,(H,8,9)/t13-,14+,15+,17+;12-,13+,16+;13-,15+;10-;4*8-,9+;6-/m000000000/s1. The summed E-state index contributed by atoms with van der Waals surface area (Å²) in [6, 6.07) is 25.4. The molecule has 2 heterocycles. The van der Waals surface area contributed by atoms with E-state index in [0.717, 1.165) is 148 Å². The van der Waals surface area contributed by atoms with E-state index in [9.17, 15) is 32.4 Å². The van der Waals surface area contributed by atoms with Gasteiger partial charge >= 0.3 is 18.2 Å². The zero-order valence-electron chi connectivity index (χ0n) is 85.0. The quantitative estimate of drug-likeness (QED) is 0.0134. The number of azide groups is 1. The molecule has 0 unspecified atom stereocenters. The van der Waals surface area contributed by atoms with Crippen molar-refractivity contribution in [3.05, 3.63) is 124 Å². The molecule has 2 aliphatic heterocycles. The van der Waals surface area contributed by atoms with Gasteiger partial charge in [-0.3, -0.25) is 18.6 Å². The number of hydrogen-bond acceptors (Lipinski definition) is 14. The maximum Gasteiger partial charge on any atom is 0.417 e. The van der Waals surface area contributed by atoms with Crippen LogP contribution in [0.15, 0.2) is 107 Å². The van der Waals surface area contributed by atoms with E-state index in [-0.39, 0.29) is 53.5 Å². The summed E-state index contributed by atoms with van der Waals surface area (Å²) in [7, 11) is -3.62. The molecule has 0 aromatic heterocycles. The Balaban J connectivity index is -0.000000676. The van der Waals surface area contributed by atoms with Gasteiger partial charge in [-0.1, -0.05) is 351 Å². The van der Waals surface area contributed by atoms with Crippen LogP contribution in [-0.4, -0.2) is 103 Å². The molecule has 125 heavy (non-hydrogen) atoms. The lowest BCUT2D eigenvalue weighted by Crippen LogP contribution is -2.42. The first-order valence-electron chi connectivity index (χ1n) is 49.2. The normalized spacial score (nSPS) is 18.0. The van der Waals surface area contributed by atoms with Crippen molar-refractivity contribution >= 4 is 40.1 Å². The molecule has 20 heteroatoms. The molecule has 3 aromatic carbocycles. The molecule has 0 bridgehead atoms. The molecular weight excluding hydrogens is 1580 g/mol.